The van der Waals surface area contributed by atoms with E-state index in [0.29, 0.717) is 12.8 Å². The highest BCUT2D eigenvalue weighted by Crippen LogP contribution is 2.42. The van der Waals surface area contributed by atoms with Gasteiger partial charge in [-0.3, -0.25) is 4.79 Å². The smallest absolute Gasteiger partial charge is 0.336 e. The predicted molar refractivity (Wildman–Crippen MR) is 62.2 cm³/mol. The molecule has 15 heavy (non-hydrogen) atoms. The lowest BCUT2D eigenvalue weighted by atomic mass is 9.93. The molecule has 1 aliphatic carbocycles. The van der Waals surface area contributed by atoms with Gasteiger partial charge in [-0.15, -0.1) is 18.2 Å². The number of fused-ring (bicyclic) bond motifs is 1. The molecule has 0 aromatic rings. The molecule has 1 heterocycles. The Labute approximate surface area is 93.3 Å². The van der Waals surface area contributed by atoms with Gasteiger partial charge in [-0.05, 0) is 0 Å². The first-order chi connectivity index (χ1) is 7.11. The Hall–Kier alpha value is 0.0249. The summed E-state index contributed by atoms with van der Waals surface area (Å²) in [6, 6.07) is 0. The van der Waals surface area contributed by atoms with Crippen LogP contribution in [0.25, 0.3) is 0 Å². The van der Waals surface area contributed by atoms with Crippen molar-refractivity contribution >= 4 is 36.8 Å². The number of ether oxygens (including phenoxy) is 1. The van der Waals surface area contributed by atoms with E-state index in [-0.39, 0.29) is 36.4 Å². The Bertz CT molecular complexity index is 286. The zero-order valence-electron chi connectivity index (χ0n) is 8.17. The summed E-state index contributed by atoms with van der Waals surface area (Å²) in [4.78, 5) is 22.0. The monoisotopic (exact) mass is 246 g/mol. The molecule has 0 spiro atoms. The first kappa shape index (κ1) is 11.5. The van der Waals surface area contributed by atoms with Crippen molar-refractivity contribution in [3.05, 3.63) is 0 Å². The maximum Gasteiger partial charge on any atom is 0.336 e. The molecule has 1 aliphatic heterocycles. The summed E-state index contributed by atoms with van der Waals surface area (Å²) in [7, 11) is 5.01. The minimum Gasteiger partial charge on any atom is -0.462 e. The predicted octanol–water partition coefficient (Wildman–Crippen LogP) is 0.257. The summed E-state index contributed by atoms with van der Waals surface area (Å²) in [6.45, 7) is 0. The lowest BCUT2D eigenvalue weighted by Gasteiger charge is -2.19. The van der Waals surface area contributed by atoms with Crippen LogP contribution in [0.1, 0.15) is 12.8 Å². The van der Waals surface area contributed by atoms with Crippen molar-refractivity contribution in [3.8, 4) is 0 Å². The third-order valence-electron chi connectivity index (χ3n) is 3.04. The van der Waals surface area contributed by atoms with Crippen molar-refractivity contribution in [3.63, 3.8) is 0 Å². The number of hydrogen-bond donors (Lipinski definition) is 0. The van der Waals surface area contributed by atoms with Gasteiger partial charge >= 0.3 is 12.3 Å². The fourth-order valence-corrected chi connectivity index (χ4v) is 2.84. The molecular formula is C8H13BO4P2. The SMILES string of the molecule is O=C[C@@H]1[C@H]2CC(=O)O[C@H]2C[C@H]1OB(P)P. The second-order valence-corrected chi connectivity index (χ2v) is 6.07. The van der Waals surface area contributed by atoms with E-state index in [1.807, 2.05) is 0 Å². The molecule has 0 aromatic heterocycles. The summed E-state index contributed by atoms with van der Waals surface area (Å²) in [5.41, 5.74) is 0. The normalized spacial score (nSPS) is 38.7. The first-order valence-electron chi connectivity index (χ1n) is 4.93. The molecule has 0 radical (unpaired) electrons. The van der Waals surface area contributed by atoms with Gasteiger partial charge in [0.1, 0.15) is 12.4 Å². The standard InChI is InChI=1S/C8H13BO4P2/c10-3-5-4-1-8(11)12-6(4)2-7(5)13-9(14)15/h3-7H,1-2,14-15H2/t4-,5-,6+,7-/m1/s1. The Morgan fingerprint density at radius 3 is 2.87 bits per heavy atom. The van der Waals surface area contributed by atoms with Gasteiger partial charge in [-0.1, -0.05) is 0 Å². The highest BCUT2D eigenvalue weighted by Gasteiger charge is 2.50. The molecular weight excluding hydrogens is 233 g/mol. The average Bonchev–Trinajstić information content (AvgIpc) is 2.59. The van der Waals surface area contributed by atoms with Crippen LogP contribution in [0.5, 0.6) is 0 Å². The van der Waals surface area contributed by atoms with Crippen LogP contribution in [0.4, 0.5) is 0 Å². The molecule has 2 rings (SSSR count). The van der Waals surface area contributed by atoms with Crippen molar-refractivity contribution in [2.24, 2.45) is 11.8 Å². The third kappa shape index (κ3) is 2.25. The van der Waals surface area contributed by atoms with E-state index in [4.69, 9.17) is 9.39 Å². The fraction of sp³-hybridized carbons (Fsp3) is 0.750. The first-order valence-corrected chi connectivity index (χ1v) is 6.26. The molecule has 0 amide bonds. The Morgan fingerprint density at radius 2 is 2.27 bits per heavy atom. The van der Waals surface area contributed by atoms with Crippen molar-refractivity contribution in [1.29, 1.82) is 0 Å². The lowest BCUT2D eigenvalue weighted by molar-refractivity contribution is -0.141. The van der Waals surface area contributed by atoms with Crippen LogP contribution in [0, 0.1) is 11.8 Å². The number of carbonyl (C=O) groups excluding carboxylic acids is 2. The van der Waals surface area contributed by atoms with Gasteiger partial charge in [0, 0.05) is 18.3 Å². The maximum absolute atomic E-state index is 11.1. The molecule has 0 N–H and O–H groups in total. The zero-order valence-corrected chi connectivity index (χ0v) is 10.5. The average molecular weight is 246 g/mol. The molecule has 82 valence electrons. The van der Waals surface area contributed by atoms with Gasteiger partial charge in [-0.2, -0.15) is 0 Å². The minimum atomic E-state index is -0.204. The maximum atomic E-state index is 11.1. The largest absolute Gasteiger partial charge is 0.462 e. The molecule has 6 atom stereocenters. The number of hydrogen-bond acceptors (Lipinski definition) is 4. The van der Waals surface area contributed by atoms with E-state index in [1.165, 1.54) is 0 Å². The highest BCUT2D eigenvalue weighted by atomic mass is 31.1. The highest BCUT2D eigenvalue weighted by molar-refractivity contribution is 7.92. The number of carbonyl (C=O) groups is 2. The molecule has 1 saturated carbocycles. The quantitative estimate of drug-likeness (QED) is 0.310. The number of esters is 1. The van der Waals surface area contributed by atoms with E-state index < -0.39 is 0 Å². The van der Waals surface area contributed by atoms with Crippen molar-refractivity contribution < 1.29 is 19.0 Å². The molecule has 2 aliphatic rings. The van der Waals surface area contributed by atoms with E-state index in [0.717, 1.165) is 6.29 Å². The van der Waals surface area contributed by atoms with Crippen LogP contribution in [-0.2, 0) is 19.0 Å². The van der Waals surface area contributed by atoms with Gasteiger partial charge in [0.05, 0.1) is 12.5 Å². The van der Waals surface area contributed by atoms with Gasteiger partial charge in [0.15, 0.2) is 0 Å². The summed E-state index contributed by atoms with van der Waals surface area (Å²) in [5.74, 6) is -0.373. The molecule has 2 fully saturated rings. The van der Waals surface area contributed by atoms with Crippen LogP contribution in [0.15, 0.2) is 0 Å². The van der Waals surface area contributed by atoms with Crippen molar-refractivity contribution in [2.75, 3.05) is 0 Å². The van der Waals surface area contributed by atoms with Gasteiger partial charge in [-0.25, -0.2) is 0 Å². The van der Waals surface area contributed by atoms with Crippen LogP contribution in [-0.4, -0.2) is 30.8 Å². The number of aldehydes is 1. The molecule has 7 heteroatoms. The number of rotatable bonds is 3. The van der Waals surface area contributed by atoms with Gasteiger partial charge < -0.3 is 14.2 Å². The van der Waals surface area contributed by atoms with E-state index >= 15 is 0 Å². The molecule has 0 aromatic carbocycles. The lowest BCUT2D eigenvalue weighted by Crippen LogP contribution is -2.26. The van der Waals surface area contributed by atoms with Gasteiger partial charge in [0.25, 0.3) is 0 Å². The fourth-order valence-electron chi connectivity index (χ4n) is 2.43. The van der Waals surface area contributed by atoms with Crippen LogP contribution < -0.4 is 0 Å². The summed E-state index contributed by atoms with van der Waals surface area (Å²) < 4.78 is 10.7. The topological polar surface area (TPSA) is 52.6 Å². The van der Waals surface area contributed by atoms with Crippen LogP contribution in [0.2, 0.25) is 0 Å². The van der Waals surface area contributed by atoms with Crippen LogP contribution in [0.3, 0.4) is 0 Å². The molecule has 4 nitrogen and oxygen atoms in total. The molecule has 1 saturated heterocycles. The van der Waals surface area contributed by atoms with Crippen LogP contribution >= 0.6 is 18.2 Å². The summed E-state index contributed by atoms with van der Waals surface area (Å²) in [5, 5.41) is 0. The van der Waals surface area contributed by atoms with E-state index in [9.17, 15) is 9.59 Å². The molecule has 0 bridgehead atoms. The van der Waals surface area contributed by atoms with Gasteiger partial charge in [0.2, 0.25) is 0 Å². The van der Waals surface area contributed by atoms with Crippen molar-refractivity contribution in [1.82, 2.24) is 0 Å². The summed E-state index contributed by atoms with van der Waals surface area (Å²) in [6.07, 6.45) is 1.59. The zero-order chi connectivity index (χ0) is 11.0. The van der Waals surface area contributed by atoms with E-state index in [2.05, 4.69) is 18.2 Å². The Morgan fingerprint density at radius 1 is 1.53 bits per heavy atom. The molecule has 2 unspecified atom stereocenters. The minimum absolute atomic E-state index is 0.0220. The second-order valence-electron chi connectivity index (χ2n) is 3.98. The third-order valence-corrected chi connectivity index (χ3v) is 3.35. The van der Waals surface area contributed by atoms with Crippen molar-refractivity contribution in [2.45, 2.75) is 25.0 Å². The Kier molecular flexibility index (Phi) is 3.44. The summed E-state index contributed by atoms with van der Waals surface area (Å²) >= 11 is 0. The Balaban J connectivity index is 2.06. The van der Waals surface area contributed by atoms with E-state index in [1.54, 1.807) is 0 Å². The second kappa shape index (κ2) is 4.49.